The number of furan rings is 1. The van der Waals surface area contributed by atoms with Crippen LogP contribution in [-0.4, -0.2) is 17.9 Å². The van der Waals surface area contributed by atoms with Crippen molar-refractivity contribution in [2.75, 3.05) is 7.11 Å². The molecule has 0 aliphatic heterocycles. The Labute approximate surface area is 92.9 Å². The van der Waals surface area contributed by atoms with E-state index in [4.69, 9.17) is 9.15 Å². The van der Waals surface area contributed by atoms with Gasteiger partial charge >= 0.3 is 0 Å². The SMILES string of the molecule is COc1cccnc1C(=O)c1coc(C)c1. The molecule has 0 fully saturated rings. The molecule has 0 spiro atoms. The van der Waals surface area contributed by atoms with Gasteiger partial charge in [-0.15, -0.1) is 0 Å². The fraction of sp³-hybridized carbons (Fsp3) is 0.167. The average Bonchev–Trinajstić information content (AvgIpc) is 2.75. The lowest BCUT2D eigenvalue weighted by molar-refractivity contribution is 0.103. The number of nitrogens with zero attached hydrogens (tertiary/aromatic N) is 1. The minimum Gasteiger partial charge on any atom is -0.494 e. The molecule has 0 aliphatic carbocycles. The number of hydrogen-bond donors (Lipinski definition) is 0. The summed E-state index contributed by atoms with van der Waals surface area (Å²) in [6.45, 7) is 1.78. The highest BCUT2D eigenvalue weighted by atomic mass is 16.5. The Kier molecular flexibility index (Phi) is 2.72. The summed E-state index contributed by atoms with van der Waals surface area (Å²) in [6, 6.07) is 5.10. The number of rotatable bonds is 3. The highest BCUT2D eigenvalue weighted by Gasteiger charge is 2.17. The molecule has 2 heterocycles. The number of pyridine rings is 1. The second kappa shape index (κ2) is 4.18. The number of aromatic nitrogens is 1. The van der Waals surface area contributed by atoms with Crippen LogP contribution in [0.4, 0.5) is 0 Å². The van der Waals surface area contributed by atoms with E-state index in [0.717, 1.165) is 0 Å². The van der Waals surface area contributed by atoms with Crippen LogP contribution >= 0.6 is 0 Å². The second-order valence-electron chi connectivity index (χ2n) is 3.33. The van der Waals surface area contributed by atoms with E-state index < -0.39 is 0 Å². The molecular weight excluding hydrogens is 206 g/mol. The molecule has 0 atom stereocenters. The predicted molar refractivity (Wildman–Crippen MR) is 57.7 cm³/mol. The first-order chi connectivity index (χ1) is 7.72. The number of ether oxygens (including phenoxy) is 1. The molecule has 82 valence electrons. The minimum absolute atomic E-state index is 0.200. The van der Waals surface area contributed by atoms with Crippen LogP contribution in [0.15, 0.2) is 35.1 Å². The largest absolute Gasteiger partial charge is 0.494 e. The molecule has 0 saturated heterocycles. The fourth-order valence-corrected chi connectivity index (χ4v) is 1.43. The van der Waals surface area contributed by atoms with E-state index in [2.05, 4.69) is 4.98 Å². The first kappa shape index (κ1) is 10.4. The zero-order valence-electron chi connectivity index (χ0n) is 9.06. The summed E-state index contributed by atoms with van der Waals surface area (Å²) >= 11 is 0. The van der Waals surface area contributed by atoms with Crippen LogP contribution < -0.4 is 4.74 Å². The molecule has 0 aliphatic rings. The molecule has 16 heavy (non-hydrogen) atoms. The number of carbonyl (C=O) groups excluding carboxylic acids is 1. The maximum absolute atomic E-state index is 12.0. The molecular formula is C12H11NO3. The van der Waals surface area contributed by atoms with Gasteiger partial charge in [-0.2, -0.15) is 0 Å². The van der Waals surface area contributed by atoms with E-state index in [1.54, 1.807) is 31.3 Å². The molecule has 0 N–H and O–H groups in total. The van der Waals surface area contributed by atoms with Crippen LogP contribution in [0, 0.1) is 6.92 Å². The maximum atomic E-state index is 12.0. The van der Waals surface area contributed by atoms with Gasteiger partial charge in [0.25, 0.3) is 0 Å². The third-order valence-electron chi connectivity index (χ3n) is 2.20. The molecule has 4 nitrogen and oxygen atoms in total. The summed E-state index contributed by atoms with van der Waals surface area (Å²) in [4.78, 5) is 16.1. The van der Waals surface area contributed by atoms with Crippen molar-refractivity contribution in [1.29, 1.82) is 0 Å². The van der Waals surface area contributed by atoms with Gasteiger partial charge in [0, 0.05) is 6.20 Å². The number of ketones is 1. The van der Waals surface area contributed by atoms with Gasteiger partial charge in [-0.25, -0.2) is 4.98 Å². The van der Waals surface area contributed by atoms with Crippen molar-refractivity contribution in [3.8, 4) is 5.75 Å². The van der Waals surface area contributed by atoms with Crippen LogP contribution in [0.2, 0.25) is 0 Å². The maximum Gasteiger partial charge on any atom is 0.218 e. The monoisotopic (exact) mass is 217 g/mol. The standard InChI is InChI=1S/C12H11NO3/c1-8-6-9(7-16-8)12(14)11-10(15-2)4-3-5-13-11/h3-7H,1-2H3. The summed E-state index contributed by atoms with van der Waals surface area (Å²) in [7, 11) is 1.51. The molecule has 0 aromatic carbocycles. The molecule has 0 radical (unpaired) electrons. The molecule has 2 aromatic heterocycles. The molecule has 0 bridgehead atoms. The number of hydrogen-bond acceptors (Lipinski definition) is 4. The number of methoxy groups -OCH3 is 1. The van der Waals surface area contributed by atoms with Crippen molar-refractivity contribution in [3.63, 3.8) is 0 Å². The van der Waals surface area contributed by atoms with Gasteiger partial charge in [0.1, 0.15) is 17.8 Å². The quantitative estimate of drug-likeness (QED) is 0.740. The topological polar surface area (TPSA) is 52.3 Å². The summed E-state index contributed by atoms with van der Waals surface area (Å²) in [5.74, 6) is 0.957. The normalized spacial score (nSPS) is 10.1. The number of carbonyl (C=O) groups is 1. The third-order valence-corrected chi connectivity index (χ3v) is 2.20. The fourth-order valence-electron chi connectivity index (χ4n) is 1.43. The van der Waals surface area contributed by atoms with E-state index in [-0.39, 0.29) is 5.78 Å². The van der Waals surface area contributed by atoms with Gasteiger partial charge in [-0.3, -0.25) is 4.79 Å². The van der Waals surface area contributed by atoms with Crippen molar-refractivity contribution >= 4 is 5.78 Å². The molecule has 2 aromatic rings. The van der Waals surface area contributed by atoms with Crippen LogP contribution in [0.25, 0.3) is 0 Å². The van der Waals surface area contributed by atoms with Gasteiger partial charge in [0.2, 0.25) is 5.78 Å². The summed E-state index contributed by atoms with van der Waals surface area (Å²) in [6.07, 6.45) is 2.98. The molecule has 2 rings (SSSR count). The first-order valence-corrected chi connectivity index (χ1v) is 4.81. The Bertz CT molecular complexity index is 516. The predicted octanol–water partition coefficient (Wildman–Crippen LogP) is 2.22. The average molecular weight is 217 g/mol. The highest BCUT2D eigenvalue weighted by Crippen LogP contribution is 2.19. The van der Waals surface area contributed by atoms with Gasteiger partial charge in [-0.05, 0) is 25.1 Å². The Morgan fingerprint density at radius 2 is 2.31 bits per heavy atom. The van der Waals surface area contributed by atoms with E-state index in [0.29, 0.717) is 22.8 Å². The van der Waals surface area contributed by atoms with Gasteiger partial charge in [-0.1, -0.05) is 0 Å². The van der Waals surface area contributed by atoms with Crippen molar-refractivity contribution in [3.05, 3.63) is 47.7 Å². The van der Waals surface area contributed by atoms with E-state index in [1.165, 1.54) is 13.4 Å². The van der Waals surface area contributed by atoms with Crippen molar-refractivity contribution in [1.82, 2.24) is 4.98 Å². The Morgan fingerprint density at radius 3 is 2.94 bits per heavy atom. The second-order valence-corrected chi connectivity index (χ2v) is 3.33. The van der Waals surface area contributed by atoms with Gasteiger partial charge in [0.05, 0.1) is 12.7 Å². The van der Waals surface area contributed by atoms with Gasteiger partial charge < -0.3 is 9.15 Å². The first-order valence-electron chi connectivity index (χ1n) is 4.81. The lowest BCUT2D eigenvalue weighted by Crippen LogP contribution is -2.05. The molecule has 0 saturated carbocycles. The van der Waals surface area contributed by atoms with Crippen molar-refractivity contribution < 1.29 is 13.9 Å². The Balaban J connectivity index is 2.41. The molecule has 4 heteroatoms. The van der Waals surface area contributed by atoms with E-state index >= 15 is 0 Å². The summed E-state index contributed by atoms with van der Waals surface area (Å²) in [5.41, 5.74) is 0.778. The van der Waals surface area contributed by atoms with Gasteiger partial charge in [0.15, 0.2) is 5.69 Å². The third kappa shape index (κ3) is 1.82. The zero-order valence-corrected chi connectivity index (χ0v) is 9.06. The lowest BCUT2D eigenvalue weighted by Gasteiger charge is -2.03. The summed E-state index contributed by atoms with van der Waals surface area (Å²) in [5, 5.41) is 0. The van der Waals surface area contributed by atoms with E-state index in [9.17, 15) is 4.79 Å². The van der Waals surface area contributed by atoms with Crippen LogP contribution in [-0.2, 0) is 0 Å². The van der Waals surface area contributed by atoms with Crippen molar-refractivity contribution in [2.24, 2.45) is 0 Å². The van der Waals surface area contributed by atoms with E-state index in [1.807, 2.05) is 0 Å². The summed E-state index contributed by atoms with van der Waals surface area (Å²) < 4.78 is 10.2. The number of aryl methyl sites for hydroxylation is 1. The smallest absolute Gasteiger partial charge is 0.218 e. The van der Waals surface area contributed by atoms with Crippen LogP contribution in [0.5, 0.6) is 5.75 Å². The van der Waals surface area contributed by atoms with Crippen LogP contribution in [0.3, 0.4) is 0 Å². The zero-order chi connectivity index (χ0) is 11.5. The Hall–Kier alpha value is -2.10. The van der Waals surface area contributed by atoms with Crippen LogP contribution in [0.1, 0.15) is 21.8 Å². The highest BCUT2D eigenvalue weighted by molar-refractivity contribution is 6.09. The minimum atomic E-state index is -0.200. The molecule has 0 amide bonds. The Morgan fingerprint density at radius 1 is 1.50 bits per heavy atom. The van der Waals surface area contributed by atoms with Crippen molar-refractivity contribution in [2.45, 2.75) is 6.92 Å². The lowest BCUT2D eigenvalue weighted by atomic mass is 10.1. The molecule has 0 unspecified atom stereocenters.